The lowest BCUT2D eigenvalue weighted by atomic mass is 9.90. The summed E-state index contributed by atoms with van der Waals surface area (Å²) in [6.45, 7) is 5.94. The maximum absolute atomic E-state index is 12.4. The molecule has 1 aliphatic heterocycles. The van der Waals surface area contributed by atoms with Crippen LogP contribution in [0.1, 0.15) is 25.8 Å². The van der Waals surface area contributed by atoms with E-state index in [-0.39, 0.29) is 5.41 Å². The van der Waals surface area contributed by atoms with Gasteiger partial charge in [0, 0.05) is 32.5 Å². The molecule has 118 valence electrons. The topological polar surface area (TPSA) is 67.4 Å². The molecule has 0 saturated carbocycles. The summed E-state index contributed by atoms with van der Waals surface area (Å²) in [7, 11) is -1.82. The first-order valence-electron chi connectivity index (χ1n) is 7.19. The Morgan fingerprint density at radius 2 is 2.14 bits per heavy atom. The molecule has 0 aliphatic carbocycles. The molecule has 2 rings (SSSR count). The number of hydrogen-bond donors (Lipinski definition) is 2. The van der Waals surface area contributed by atoms with E-state index in [0.717, 1.165) is 25.1 Å². The summed E-state index contributed by atoms with van der Waals surface area (Å²) in [5.41, 5.74) is 1.96. The monoisotopic (exact) mass is 312 g/mol. The van der Waals surface area contributed by atoms with Crippen LogP contribution in [0.2, 0.25) is 0 Å². The smallest absolute Gasteiger partial charge is 0.240 e. The summed E-state index contributed by atoms with van der Waals surface area (Å²) < 4.78 is 32.5. The number of ether oxygens (including phenoxy) is 1. The molecule has 1 heterocycles. The highest BCUT2D eigenvalue weighted by Gasteiger charge is 2.23. The highest BCUT2D eigenvalue weighted by molar-refractivity contribution is 7.89. The number of methoxy groups -OCH3 is 1. The molecule has 6 heteroatoms. The lowest BCUT2D eigenvalue weighted by molar-refractivity contribution is 0.153. The van der Waals surface area contributed by atoms with Crippen molar-refractivity contribution in [2.75, 3.05) is 32.1 Å². The van der Waals surface area contributed by atoms with E-state index in [1.807, 2.05) is 19.9 Å². The Labute approximate surface area is 127 Å². The second kappa shape index (κ2) is 6.34. The largest absolute Gasteiger partial charge is 0.385 e. The number of sulfonamides is 1. The first kappa shape index (κ1) is 16.3. The molecule has 1 aromatic rings. The molecule has 1 aliphatic rings. The fraction of sp³-hybridized carbons (Fsp3) is 0.600. The van der Waals surface area contributed by atoms with Crippen molar-refractivity contribution in [1.29, 1.82) is 0 Å². The molecule has 0 fully saturated rings. The van der Waals surface area contributed by atoms with Gasteiger partial charge in [-0.05, 0) is 36.0 Å². The van der Waals surface area contributed by atoms with E-state index >= 15 is 0 Å². The van der Waals surface area contributed by atoms with Crippen LogP contribution >= 0.6 is 0 Å². The molecule has 0 radical (unpaired) electrons. The van der Waals surface area contributed by atoms with Gasteiger partial charge in [0.1, 0.15) is 0 Å². The van der Waals surface area contributed by atoms with Crippen molar-refractivity contribution in [2.45, 2.75) is 31.6 Å². The van der Waals surface area contributed by atoms with Gasteiger partial charge >= 0.3 is 0 Å². The van der Waals surface area contributed by atoms with Gasteiger partial charge in [0.15, 0.2) is 0 Å². The Hall–Kier alpha value is -1.11. The molecule has 0 unspecified atom stereocenters. The van der Waals surface area contributed by atoms with Gasteiger partial charge in [-0.15, -0.1) is 0 Å². The predicted octanol–water partition coefficient (Wildman–Crippen LogP) is 2.00. The zero-order chi connectivity index (χ0) is 15.5. The normalized spacial score (nSPS) is 14.8. The van der Waals surface area contributed by atoms with Crippen molar-refractivity contribution >= 4 is 15.7 Å². The van der Waals surface area contributed by atoms with Crippen molar-refractivity contribution in [3.63, 3.8) is 0 Å². The Morgan fingerprint density at radius 1 is 1.38 bits per heavy atom. The number of anilines is 1. The highest BCUT2D eigenvalue weighted by atomic mass is 32.2. The number of hydrogen-bond acceptors (Lipinski definition) is 4. The zero-order valence-electron chi connectivity index (χ0n) is 12.9. The summed E-state index contributed by atoms with van der Waals surface area (Å²) in [5.74, 6) is 0. The maximum Gasteiger partial charge on any atom is 0.240 e. The number of fused-ring (bicyclic) bond motifs is 1. The first-order valence-corrected chi connectivity index (χ1v) is 8.68. The molecule has 0 spiro atoms. The summed E-state index contributed by atoms with van der Waals surface area (Å²) in [6.07, 6.45) is 1.75. The first-order chi connectivity index (χ1) is 9.84. The molecule has 1 aromatic carbocycles. The fourth-order valence-electron chi connectivity index (χ4n) is 2.28. The minimum atomic E-state index is -3.47. The van der Waals surface area contributed by atoms with Crippen LogP contribution in [0.4, 0.5) is 5.69 Å². The zero-order valence-corrected chi connectivity index (χ0v) is 13.7. The lowest BCUT2D eigenvalue weighted by Gasteiger charge is -2.24. The molecule has 2 N–H and O–H groups in total. The van der Waals surface area contributed by atoms with Gasteiger partial charge in [0.25, 0.3) is 0 Å². The van der Waals surface area contributed by atoms with Gasteiger partial charge < -0.3 is 10.1 Å². The van der Waals surface area contributed by atoms with Crippen molar-refractivity contribution < 1.29 is 13.2 Å². The maximum atomic E-state index is 12.4. The van der Waals surface area contributed by atoms with Gasteiger partial charge in [-0.3, -0.25) is 0 Å². The second-order valence-electron chi connectivity index (χ2n) is 6.23. The average molecular weight is 312 g/mol. The van der Waals surface area contributed by atoms with Crippen LogP contribution in [-0.4, -0.2) is 35.2 Å². The molecule has 0 saturated heterocycles. The fourth-order valence-corrected chi connectivity index (χ4v) is 3.55. The molecular weight excluding hydrogens is 288 g/mol. The van der Waals surface area contributed by atoms with Gasteiger partial charge in [-0.1, -0.05) is 19.9 Å². The molecular formula is C15H24N2O3S. The Bertz CT molecular complexity index is 597. The van der Waals surface area contributed by atoms with Crippen molar-refractivity contribution in [3.8, 4) is 0 Å². The van der Waals surface area contributed by atoms with Gasteiger partial charge in [0.05, 0.1) is 4.90 Å². The van der Waals surface area contributed by atoms with Crippen LogP contribution in [-0.2, 0) is 21.2 Å². The Kier molecular flexibility index (Phi) is 4.91. The molecule has 0 amide bonds. The molecule has 21 heavy (non-hydrogen) atoms. The van der Waals surface area contributed by atoms with E-state index in [9.17, 15) is 8.42 Å². The van der Waals surface area contributed by atoms with Crippen LogP contribution in [0.15, 0.2) is 23.1 Å². The van der Waals surface area contributed by atoms with Crippen LogP contribution in [0, 0.1) is 5.41 Å². The third-order valence-corrected chi connectivity index (χ3v) is 5.22. The molecule has 0 aromatic heterocycles. The van der Waals surface area contributed by atoms with Crippen molar-refractivity contribution in [3.05, 3.63) is 23.8 Å². The predicted molar refractivity (Wildman–Crippen MR) is 84.1 cm³/mol. The van der Waals surface area contributed by atoms with E-state index in [1.165, 1.54) is 5.56 Å². The summed E-state index contributed by atoms with van der Waals surface area (Å²) in [4.78, 5) is 0.318. The van der Waals surface area contributed by atoms with E-state index < -0.39 is 10.0 Å². The molecule has 5 nitrogen and oxygen atoms in total. The van der Waals surface area contributed by atoms with Crippen LogP contribution in [0.5, 0.6) is 0 Å². The van der Waals surface area contributed by atoms with E-state index in [0.29, 0.717) is 18.0 Å². The summed E-state index contributed by atoms with van der Waals surface area (Å²) in [6, 6.07) is 5.28. The summed E-state index contributed by atoms with van der Waals surface area (Å²) in [5, 5.41) is 3.20. The van der Waals surface area contributed by atoms with Crippen LogP contribution in [0.3, 0.4) is 0 Å². The average Bonchev–Trinajstić information content (AvgIpc) is 2.91. The Morgan fingerprint density at radius 3 is 2.86 bits per heavy atom. The van der Waals surface area contributed by atoms with Crippen LogP contribution < -0.4 is 10.0 Å². The SMILES string of the molecule is COCCC(C)(C)CNS(=O)(=O)c1ccc2c(c1)NCC2. The minimum absolute atomic E-state index is 0.141. The van der Waals surface area contributed by atoms with E-state index in [2.05, 4.69) is 10.0 Å². The van der Waals surface area contributed by atoms with Crippen LogP contribution in [0.25, 0.3) is 0 Å². The third kappa shape index (κ3) is 4.18. The number of rotatable bonds is 7. The molecule has 0 atom stereocenters. The second-order valence-corrected chi connectivity index (χ2v) is 7.99. The number of nitrogens with one attached hydrogen (secondary N) is 2. The number of benzene rings is 1. The highest BCUT2D eigenvalue weighted by Crippen LogP contribution is 2.26. The van der Waals surface area contributed by atoms with Gasteiger partial charge in [-0.2, -0.15) is 0 Å². The van der Waals surface area contributed by atoms with E-state index in [4.69, 9.17) is 4.74 Å². The quantitative estimate of drug-likeness (QED) is 0.808. The third-order valence-electron chi connectivity index (χ3n) is 3.83. The minimum Gasteiger partial charge on any atom is -0.385 e. The Balaban J connectivity index is 2.05. The summed E-state index contributed by atoms with van der Waals surface area (Å²) >= 11 is 0. The van der Waals surface area contributed by atoms with E-state index in [1.54, 1.807) is 19.2 Å². The lowest BCUT2D eigenvalue weighted by Crippen LogP contribution is -2.34. The van der Waals surface area contributed by atoms with Crippen molar-refractivity contribution in [1.82, 2.24) is 4.72 Å². The standard InChI is InChI=1S/C15H24N2O3S/c1-15(2,7-9-20-3)11-17-21(18,19)13-5-4-12-6-8-16-14(12)10-13/h4-5,10,16-17H,6-9,11H2,1-3H3. The van der Waals surface area contributed by atoms with Crippen molar-refractivity contribution in [2.24, 2.45) is 5.41 Å². The van der Waals surface area contributed by atoms with Gasteiger partial charge in [0.2, 0.25) is 10.0 Å². The molecule has 0 bridgehead atoms. The van der Waals surface area contributed by atoms with Gasteiger partial charge in [-0.25, -0.2) is 13.1 Å².